The van der Waals surface area contributed by atoms with Crippen LogP contribution in [0.3, 0.4) is 0 Å². The summed E-state index contributed by atoms with van der Waals surface area (Å²) in [7, 11) is 0. The highest BCUT2D eigenvalue weighted by Gasteiger charge is 2.18. The summed E-state index contributed by atoms with van der Waals surface area (Å²) in [6.45, 7) is 1.90. The summed E-state index contributed by atoms with van der Waals surface area (Å²) < 4.78 is 0. The smallest absolute Gasteiger partial charge is 0.287 e. The van der Waals surface area contributed by atoms with Gasteiger partial charge in [0.15, 0.2) is 5.82 Å². The number of aromatic amines is 2. The highest BCUT2D eigenvalue weighted by atomic mass is 32.1. The number of nitrogens with one attached hydrogen (secondary N) is 3. The molecule has 0 bridgehead atoms. The van der Waals surface area contributed by atoms with Gasteiger partial charge in [-0.25, -0.2) is 9.97 Å². The summed E-state index contributed by atoms with van der Waals surface area (Å²) in [6.07, 6.45) is 5.18. The zero-order valence-electron chi connectivity index (χ0n) is 14.8. The van der Waals surface area contributed by atoms with Gasteiger partial charge in [-0.05, 0) is 31.2 Å². The number of carbonyl (C=O) groups excluding carboxylic acids is 1. The van der Waals surface area contributed by atoms with Gasteiger partial charge >= 0.3 is 0 Å². The Hall–Kier alpha value is -3.59. The van der Waals surface area contributed by atoms with Crippen molar-refractivity contribution in [1.82, 2.24) is 35.5 Å². The number of hydrogen-bond acceptors (Lipinski definition) is 6. The molecule has 0 aliphatic heterocycles. The van der Waals surface area contributed by atoms with E-state index < -0.39 is 0 Å². The molecule has 1 atom stereocenters. The standard InChI is InChI=1S/C19H15N7OS/c1-10(19-21-6-7-28-19)22-18(27)17-23-14-8-12-13(9-15(14)24-17)25-26-16(12)11-2-4-20-5-3-11/h2-10H,1H3,(H,22,27)(H,23,24)(H,25,26). The normalized spacial score (nSPS) is 12.5. The average Bonchev–Trinajstić information content (AvgIpc) is 3.45. The monoisotopic (exact) mass is 389 g/mol. The van der Waals surface area contributed by atoms with E-state index in [0.29, 0.717) is 5.52 Å². The molecule has 4 heterocycles. The number of benzene rings is 1. The fourth-order valence-corrected chi connectivity index (χ4v) is 3.78. The molecule has 1 amide bonds. The molecular weight excluding hydrogens is 374 g/mol. The number of rotatable bonds is 4. The van der Waals surface area contributed by atoms with Gasteiger partial charge in [-0.2, -0.15) is 5.10 Å². The fourth-order valence-electron chi connectivity index (χ4n) is 3.13. The van der Waals surface area contributed by atoms with E-state index in [9.17, 15) is 4.79 Å². The van der Waals surface area contributed by atoms with Gasteiger partial charge in [0.05, 0.1) is 22.6 Å². The van der Waals surface area contributed by atoms with Gasteiger partial charge in [0, 0.05) is 34.9 Å². The number of fused-ring (bicyclic) bond motifs is 2. The Kier molecular flexibility index (Phi) is 3.87. The molecule has 0 radical (unpaired) electrons. The molecule has 3 N–H and O–H groups in total. The highest BCUT2D eigenvalue weighted by Crippen LogP contribution is 2.29. The lowest BCUT2D eigenvalue weighted by atomic mass is 10.1. The Balaban J connectivity index is 1.50. The molecular formula is C19H15N7OS. The van der Waals surface area contributed by atoms with Crippen LogP contribution in [0, 0.1) is 0 Å². The van der Waals surface area contributed by atoms with Gasteiger partial charge in [0.25, 0.3) is 5.91 Å². The van der Waals surface area contributed by atoms with E-state index >= 15 is 0 Å². The van der Waals surface area contributed by atoms with E-state index in [0.717, 1.165) is 32.7 Å². The summed E-state index contributed by atoms with van der Waals surface area (Å²) >= 11 is 1.50. The van der Waals surface area contributed by atoms with Gasteiger partial charge in [0.2, 0.25) is 0 Å². The number of thiazole rings is 1. The van der Waals surface area contributed by atoms with Crippen LogP contribution in [0.1, 0.15) is 28.6 Å². The molecule has 0 aliphatic rings. The predicted octanol–water partition coefficient (Wildman–Crippen LogP) is 3.45. The van der Waals surface area contributed by atoms with Crippen molar-refractivity contribution >= 4 is 39.2 Å². The van der Waals surface area contributed by atoms with Crippen LogP contribution in [-0.4, -0.2) is 36.0 Å². The van der Waals surface area contributed by atoms with E-state index in [2.05, 4.69) is 35.5 Å². The number of imidazole rings is 1. The minimum atomic E-state index is -0.268. The molecule has 0 saturated heterocycles. The lowest BCUT2D eigenvalue weighted by molar-refractivity contribution is 0.0930. The second kappa shape index (κ2) is 6.54. The molecule has 5 rings (SSSR count). The first-order valence-corrected chi connectivity index (χ1v) is 9.55. The molecule has 28 heavy (non-hydrogen) atoms. The Bertz CT molecular complexity index is 1270. The summed E-state index contributed by atoms with van der Waals surface area (Å²) in [5.74, 6) is -0.000442. The zero-order chi connectivity index (χ0) is 19.1. The van der Waals surface area contributed by atoms with Crippen molar-refractivity contribution in [2.24, 2.45) is 0 Å². The predicted molar refractivity (Wildman–Crippen MR) is 107 cm³/mol. The second-order valence-electron chi connectivity index (χ2n) is 6.37. The van der Waals surface area contributed by atoms with Crippen LogP contribution in [-0.2, 0) is 0 Å². The summed E-state index contributed by atoms with van der Waals surface area (Å²) in [5, 5.41) is 14.1. The van der Waals surface area contributed by atoms with Crippen molar-refractivity contribution in [3.63, 3.8) is 0 Å². The molecule has 9 heteroatoms. The highest BCUT2D eigenvalue weighted by molar-refractivity contribution is 7.09. The molecule has 138 valence electrons. The third kappa shape index (κ3) is 2.81. The Morgan fingerprint density at radius 1 is 1.18 bits per heavy atom. The quantitative estimate of drug-likeness (QED) is 0.436. The van der Waals surface area contributed by atoms with E-state index in [-0.39, 0.29) is 17.8 Å². The van der Waals surface area contributed by atoms with E-state index in [1.807, 2.05) is 36.6 Å². The van der Waals surface area contributed by atoms with Crippen molar-refractivity contribution in [3.8, 4) is 11.3 Å². The number of nitrogens with zero attached hydrogens (tertiary/aromatic N) is 4. The van der Waals surface area contributed by atoms with Crippen LogP contribution in [0.5, 0.6) is 0 Å². The lowest BCUT2D eigenvalue weighted by Gasteiger charge is -2.09. The van der Waals surface area contributed by atoms with Gasteiger partial charge < -0.3 is 10.3 Å². The Labute approximate surface area is 163 Å². The van der Waals surface area contributed by atoms with Gasteiger partial charge in [0.1, 0.15) is 10.7 Å². The first-order chi connectivity index (χ1) is 13.7. The van der Waals surface area contributed by atoms with E-state index in [4.69, 9.17) is 0 Å². The molecule has 0 spiro atoms. The van der Waals surface area contributed by atoms with Crippen molar-refractivity contribution in [2.75, 3.05) is 0 Å². The number of pyridine rings is 1. The number of carbonyl (C=O) groups is 1. The van der Waals surface area contributed by atoms with Crippen LogP contribution in [0.2, 0.25) is 0 Å². The molecule has 8 nitrogen and oxygen atoms in total. The van der Waals surface area contributed by atoms with Crippen LogP contribution in [0.4, 0.5) is 0 Å². The van der Waals surface area contributed by atoms with Crippen molar-refractivity contribution in [3.05, 3.63) is 59.1 Å². The summed E-state index contributed by atoms with van der Waals surface area (Å²) in [5.41, 5.74) is 4.13. The number of H-pyrrole nitrogens is 2. The van der Waals surface area contributed by atoms with Gasteiger partial charge in [-0.15, -0.1) is 11.3 Å². The molecule has 4 aromatic heterocycles. The Morgan fingerprint density at radius 2 is 2.04 bits per heavy atom. The minimum absolute atomic E-state index is 0.183. The largest absolute Gasteiger partial charge is 0.340 e. The maximum Gasteiger partial charge on any atom is 0.287 e. The van der Waals surface area contributed by atoms with Gasteiger partial charge in [-0.3, -0.25) is 14.9 Å². The molecule has 1 unspecified atom stereocenters. The van der Waals surface area contributed by atoms with Gasteiger partial charge in [-0.1, -0.05) is 0 Å². The first-order valence-electron chi connectivity index (χ1n) is 8.67. The number of amides is 1. The fraction of sp³-hybridized carbons (Fsp3) is 0.105. The van der Waals surface area contributed by atoms with E-state index in [1.165, 1.54) is 11.3 Å². The second-order valence-corrected chi connectivity index (χ2v) is 7.30. The third-order valence-corrected chi connectivity index (χ3v) is 5.46. The van der Waals surface area contributed by atoms with Crippen molar-refractivity contribution in [1.29, 1.82) is 0 Å². The zero-order valence-corrected chi connectivity index (χ0v) is 15.6. The van der Waals surface area contributed by atoms with Crippen LogP contribution in [0.15, 0.2) is 48.2 Å². The van der Waals surface area contributed by atoms with Crippen LogP contribution in [0.25, 0.3) is 33.2 Å². The van der Waals surface area contributed by atoms with Crippen molar-refractivity contribution < 1.29 is 4.79 Å². The maximum absolute atomic E-state index is 12.6. The summed E-state index contributed by atoms with van der Waals surface area (Å²) in [4.78, 5) is 28.4. The molecule has 5 aromatic rings. The molecule has 0 aliphatic carbocycles. The lowest BCUT2D eigenvalue weighted by Crippen LogP contribution is -2.27. The topological polar surface area (TPSA) is 112 Å². The average molecular weight is 389 g/mol. The first kappa shape index (κ1) is 16.6. The number of hydrogen-bond donors (Lipinski definition) is 3. The Morgan fingerprint density at radius 3 is 2.82 bits per heavy atom. The number of aromatic nitrogens is 6. The minimum Gasteiger partial charge on any atom is -0.340 e. The van der Waals surface area contributed by atoms with Crippen molar-refractivity contribution in [2.45, 2.75) is 13.0 Å². The third-order valence-electron chi connectivity index (χ3n) is 4.50. The summed E-state index contributed by atoms with van der Waals surface area (Å²) in [6, 6.07) is 7.47. The van der Waals surface area contributed by atoms with E-state index in [1.54, 1.807) is 18.6 Å². The molecule has 1 aromatic carbocycles. The van der Waals surface area contributed by atoms with Crippen LogP contribution >= 0.6 is 11.3 Å². The molecule has 0 saturated carbocycles. The van der Waals surface area contributed by atoms with Crippen LogP contribution < -0.4 is 5.32 Å². The molecule has 0 fully saturated rings. The SMILES string of the molecule is CC(NC(=O)c1nc2cc3c(-c4ccncc4)n[nH]c3cc2[nH]1)c1nccs1. The maximum atomic E-state index is 12.6.